The predicted octanol–water partition coefficient (Wildman–Crippen LogP) is 6.07. The maximum Gasteiger partial charge on any atom is 0.149 e. The summed E-state index contributed by atoms with van der Waals surface area (Å²) in [5.41, 5.74) is 4.23. The lowest BCUT2D eigenvalue weighted by atomic mass is 10.0. The highest BCUT2D eigenvalue weighted by Gasteiger charge is 2.22. The Balaban J connectivity index is 1.30. The number of halogens is 3. The molecule has 0 bridgehead atoms. The molecule has 2 aliphatic rings. The Labute approximate surface area is 219 Å². The fourth-order valence-electron chi connectivity index (χ4n) is 4.33. The summed E-state index contributed by atoms with van der Waals surface area (Å²) >= 11 is 12.5. The van der Waals surface area contributed by atoms with Crippen molar-refractivity contribution in [2.75, 3.05) is 26.3 Å². The van der Waals surface area contributed by atoms with E-state index >= 15 is 4.39 Å². The zero-order valence-electron chi connectivity index (χ0n) is 19.8. The second kappa shape index (κ2) is 11.0. The average Bonchev–Trinajstić information content (AvgIpc) is 3.29. The minimum atomic E-state index is -0.421. The van der Waals surface area contributed by atoms with Gasteiger partial charge in [0.2, 0.25) is 0 Å². The molecule has 0 amide bonds. The molecule has 0 N–H and O–H groups in total. The molecule has 5 rings (SSSR count). The van der Waals surface area contributed by atoms with Gasteiger partial charge in [-0.1, -0.05) is 35.3 Å². The largest absolute Gasteiger partial charge is 0.486 e. The number of ether oxygens (including phenoxy) is 2. The number of allylic oxidation sites excluding steroid dienone is 1. The van der Waals surface area contributed by atoms with Gasteiger partial charge in [0.25, 0.3) is 0 Å². The molecule has 1 atom stereocenters. The van der Waals surface area contributed by atoms with E-state index in [1.54, 1.807) is 12.3 Å². The molecule has 0 saturated carbocycles. The smallest absolute Gasteiger partial charge is 0.149 e. The first kappa shape index (κ1) is 24.8. The van der Waals surface area contributed by atoms with E-state index in [2.05, 4.69) is 19.9 Å². The van der Waals surface area contributed by atoms with Gasteiger partial charge in [0.15, 0.2) is 0 Å². The fraction of sp³-hybridized carbons (Fsp3) is 0.296. The van der Waals surface area contributed by atoms with Crippen molar-refractivity contribution in [3.63, 3.8) is 0 Å². The van der Waals surface area contributed by atoms with Gasteiger partial charge in [0, 0.05) is 49.4 Å². The van der Waals surface area contributed by atoms with Crippen LogP contribution in [0.5, 0.6) is 5.75 Å². The van der Waals surface area contributed by atoms with Crippen LogP contribution < -0.4 is 4.74 Å². The maximum atomic E-state index is 15.3. The number of aliphatic imine (C=N–C) groups is 1. The Kier molecular flexibility index (Phi) is 7.62. The summed E-state index contributed by atoms with van der Waals surface area (Å²) in [6, 6.07) is 9.36. The second-order valence-electron chi connectivity index (χ2n) is 8.72. The normalized spacial score (nSPS) is 17.0. The predicted molar refractivity (Wildman–Crippen MR) is 139 cm³/mol. The van der Waals surface area contributed by atoms with E-state index in [0.717, 1.165) is 44.1 Å². The molecule has 1 saturated heterocycles. The Morgan fingerprint density at radius 1 is 1.14 bits per heavy atom. The lowest BCUT2D eigenvalue weighted by molar-refractivity contribution is 0.0336. The van der Waals surface area contributed by atoms with Crippen LogP contribution in [0.2, 0.25) is 10.0 Å². The number of fused-ring (bicyclic) bond motifs is 1. The van der Waals surface area contributed by atoms with Gasteiger partial charge in [-0.25, -0.2) is 4.39 Å². The van der Waals surface area contributed by atoms with Crippen molar-refractivity contribution in [2.24, 2.45) is 4.99 Å². The second-order valence-corrected chi connectivity index (χ2v) is 9.54. The minimum absolute atomic E-state index is 0.306. The van der Waals surface area contributed by atoms with Gasteiger partial charge in [-0.2, -0.15) is 0 Å². The molecule has 0 spiro atoms. The monoisotopic (exact) mass is 526 g/mol. The van der Waals surface area contributed by atoms with E-state index in [9.17, 15) is 0 Å². The first-order valence-electron chi connectivity index (χ1n) is 11.7. The van der Waals surface area contributed by atoms with Crippen molar-refractivity contribution in [3.8, 4) is 5.75 Å². The fourth-order valence-corrected chi connectivity index (χ4v) is 5.00. The Bertz CT molecular complexity index is 1290. The lowest BCUT2D eigenvalue weighted by Gasteiger charge is -2.26. The third kappa shape index (κ3) is 5.60. The van der Waals surface area contributed by atoms with Crippen LogP contribution in [0, 0.1) is 0 Å². The average molecular weight is 527 g/mol. The molecular formula is C27H25Cl2FN4O2. The molecule has 3 aromatic rings. The van der Waals surface area contributed by atoms with E-state index in [4.69, 9.17) is 32.7 Å². The molecule has 4 heterocycles. The zero-order valence-corrected chi connectivity index (χ0v) is 21.3. The van der Waals surface area contributed by atoms with Crippen LogP contribution in [-0.2, 0) is 17.8 Å². The molecule has 6 nitrogen and oxygen atoms in total. The van der Waals surface area contributed by atoms with Crippen LogP contribution >= 0.6 is 23.2 Å². The highest BCUT2D eigenvalue weighted by molar-refractivity contribution is 6.35. The number of aromatic nitrogens is 2. The number of morpholine rings is 1. The molecule has 9 heteroatoms. The number of nitrogens with zero attached hydrogens (tertiary/aromatic N) is 4. The molecule has 186 valence electrons. The molecule has 2 aliphatic heterocycles. The van der Waals surface area contributed by atoms with Crippen molar-refractivity contribution < 1.29 is 13.9 Å². The molecule has 2 aromatic heterocycles. The van der Waals surface area contributed by atoms with Gasteiger partial charge in [-0.3, -0.25) is 19.9 Å². The van der Waals surface area contributed by atoms with E-state index in [-0.39, 0.29) is 0 Å². The molecular weight excluding hydrogens is 502 g/mol. The van der Waals surface area contributed by atoms with Crippen molar-refractivity contribution >= 4 is 35.0 Å². The number of hydrogen-bond donors (Lipinski definition) is 0. The summed E-state index contributed by atoms with van der Waals surface area (Å²) in [6.45, 7) is 6.30. The van der Waals surface area contributed by atoms with E-state index in [1.165, 1.54) is 18.5 Å². The van der Waals surface area contributed by atoms with Crippen LogP contribution in [0.3, 0.4) is 0 Å². The summed E-state index contributed by atoms with van der Waals surface area (Å²) in [7, 11) is 0. The maximum absolute atomic E-state index is 15.3. The molecule has 1 fully saturated rings. The lowest BCUT2D eigenvalue weighted by Crippen LogP contribution is -2.35. The highest BCUT2D eigenvalue weighted by atomic mass is 35.5. The van der Waals surface area contributed by atoms with E-state index < -0.39 is 11.9 Å². The van der Waals surface area contributed by atoms with Crippen LogP contribution in [0.15, 0.2) is 59.7 Å². The van der Waals surface area contributed by atoms with Gasteiger partial charge in [-0.15, -0.1) is 0 Å². The number of pyridine rings is 2. The summed E-state index contributed by atoms with van der Waals surface area (Å²) in [5, 5.41) is 0.855. The minimum Gasteiger partial charge on any atom is -0.486 e. The standard InChI is InChI=1S/C27H25Cl2FN4O2/c1-17(26-23(28)14-31-15-24(26)29)36-21-5-3-19-13-33-27(22(19)11-21)25(30)10-18-2-4-20(32-12-18)16-34-6-8-35-9-7-34/h2-5,10-12,14-15,17H,6-9,13,16H2,1H3/b25-10-/t17-/m1/s1. The van der Waals surface area contributed by atoms with E-state index in [0.29, 0.717) is 44.7 Å². The van der Waals surface area contributed by atoms with Crippen molar-refractivity contribution in [1.82, 2.24) is 14.9 Å². The van der Waals surface area contributed by atoms with Gasteiger partial charge in [0.1, 0.15) is 23.4 Å². The van der Waals surface area contributed by atoms with Crippen LogP contribution in [0.1, 0.15) is 41.0 Å². The van der Waals surface area contributed by atoms with Crippen LogP contribution in [0.4, 0.5) is 4.39 Å². The van der Waals surface area contributed by atoms with Crippen molar-refractivity contribution in [3.05, 3.63) is 92.7 Å². The third-order valence-corrected chi connectivity index (χ3v) is 6.81. The van der Waals surface area contributed by atoms with Crippen molar-refractivity contribution in [2.45, 2.75) is 26.1 Å². The highest BCUT2D eigenvalue weighted by Crippen LogP contribution is 2.34. The van der Waals surface area contributed by atoms with Gasteiger partial charge >= 0.3 is 0 Å². The summed E-state index contributed by atoms with van der Waals surface area (Å²) in [5.74, 6) is 0.156. The Hall–Kier alpha value is -2.84. The van der Waals surface area contributed by atoms with Gasteiger partial charge < -0.3 is 9.47 Å². The summed E-state index contributed by atoms with van der Waals surface area (Å²) in [6.07, 6.45) is 5.79. The van der Waals surface area contributed by atoms with Crippen molar-refractivity contribution in [1.29, 1.82) is 0 Å². The topological polar surface area (TPSA) is 59.8 Å². The molecule has 36 heavy (non-hydrogen) atoms. The number of hydrogen-bond acceptors (Lipinski definition) is 6. The summed E-state index contributed by atoms with van der Waals surface area (Å²) < 4.78 is 26.8. The van der Waals surface area contributed by atoms with Gasteiger partial charge in [-0.05, 0) is 42.3 Å². The summed E-state index contributed by atoms with van der Waals surface area (Å²) in [4.78, 5) is 15.2. The van der Waals surface area contributed by atoms with E-state index in [1.807, 2.05) is 31.2 Å². The Morgan fingerprint density at radius 3 is 2.64 bits per heavy atom. The quantitative estimate of drug-likeness (QED) is 0.374. The number of rotatable bonds is 7. The number of benzene rings is 1. The first-order chi connectivity index (χ1) is 17.5. The Morgan fingerprint density at radius 2 is 1.92 bits per heavy atom. The molecule has 1 aromatic carbocycles. The third-order valence-electron chi connectivity index (χ3n) is 6.21. The zero-order chi connectivity index (χ0) is 25.1. The first-order valence-corrected chi connectivity index (χ1v) is 12.5. The SMILES string of the molecule is C[C@@H](Oc1ccc2c(c1)C(/C(F)=C/c1ccc(CN3CCOCC3)nc1)=NC2)c1c(Cl)cncc1Cl. The molecule has 0 radical (unpaired) electrons. The van der Waals surface area contributed by atoms with Gasteiger partial charge in [0.05, 0.1) is 35.5 Å². The molecule has 0 aliphatic carbocycles. The van der Waals surface area contributed by atoms with Crippen LogP contribution in [0.25, 0.3) is 6.08 Å². The molecule has 0 unspecified atom stereocenters. The van der Waals surface area contributed by atoms with Crippen LogP contribution in [-0.4, -0.2) is 46.9 Å².